The molecule has 0 aliphatic carbocycles. The van der Waals surface area contributed by atoms with Gasteiger partial charge in [0.15, 0.2) is 11.8 Å². The zero-order valence-corrected chi connectivity index (χ0v) is 8.03. The SMILES string of the molecule is CC(C)(C)[NH+]=Cc1cccs1. The molecule has 11 heavy (non-hydrogen) atoms. The summed E-state index contributed by atoms with van der Waals surface area (Å²) in [7, 11) is 0. The van der Waals surface area contributed by atoms with Crippen LogP contribution in [-0.4, -0.2) is 11.8 Å². The molecule has 0 aromatic carbocycles. The largest absolute Gasteiger partial charge is 0.243 e. The molecule has 0 fully saturated rings. The summed E-state index contributed by atoms with van der Waals surface area (Å²) in [4.78, 5) is 4.59. The molecule has 1 aromatic rings. The van der Waals surface area contributed by atoms with Gasteiger partial charge in [-0.1, -0.05) is 6.07 Å². The summed E-state index contributed by atoms with van der Waals surface area (Å²) in [6.07, 6.45) is 2.06. The fourth-order valence-corrected chi connectivity index (χ4v) is 1.26. The third-order valence-corrected chi connectivity index (χ3v) is 2.01. The van der Waals surface area contributed by atoms with E-state index in [2.05, 4.69) is 49.5 Å². The molecule has 60 valence electrons. The van der Waals surface area contributed by atoms with Crippen molar-refractivity contribution in [2.24, 2.45) is 0 Å². The molecule has 0 bridgehead atoms. The van der Waals surface area contributed by atoms with E-state index < -0.39 is 0 Å². The van der Waals surface area contributed by atoms with Crippen molar-refractivity contribution in [2.75, 3.05) is 0 Å². The van der Waals surface area contributed by atoms with E-state index in [1.165, 1.54) is 4.88 Å². The first-order valence-electron chi connectivity index (χ1n) is 3.72. The van der Waals surface area contributed by atoms with Gasteiger partial charge in [-0.05, 0) is 32.2 Å². The van der Waals surface area contributed by atoms with E-state index in [0.29, 0.717) is 0 Å². The van der Waals surface area contributed by atoms with Gasteiger partial charge in [0.2, 0.25) is 0 Å². The lowest BCUT2D eigenvalue weighted by Gasteiger charge is -2.02. The van der Waals surface area contributed by atoms with Gasteiger partial charge in [0.05, 0.1) is 4.88 Å². The smallest absolute Gasteiger partial charge is 0.179 e. The van der Waals surface area contributed by atoms with Gasteiger partial charge in [0, 0.05) is 0 Å². The minimum absolute atomic E-state index is 0.171. The average Bonchev–Trinajstić information content (AvgIpc) is 2.32. The van der Waals surface area contributed by atoms with Gasteiger partial charge in [0.1, 0.15) is 0 Å². The van der Waals surface area contributed by atoms with E-state index in [4.69, 9.17) is 0 Å². The normalized spacial score (nSPS) is 12.6. The summed E-state index contributed by atoms with van der Waals surface area (Å²) < 4.78 is 0. The van der Waals surface area contributed by atoms with E-state index in [1.807, 2.05) is 0 Å². The van der Waals surface area contributed by atoms with E-state index >= 15 is 0 Å². The van der Waals surface area contributed by atoms with Crippen LogP contribution in [0.2, 0.25) is 0 Å². The van der Waals surface area contributed by atoms with Gasteiger partial charge >= 0.3 is 0 Å². The molecule has 0 radical (unpaired) electrons. The van der Waals surface area contributed by atoms with Crippen molar-refractivity contribution in [3.63, 3.8) is 0 Å². The molecule has 0 atom stereocenters. The number of hydrogen-bond acceptors (Lipinski definition) is 1. The van der Waals surface area contributed by atoms with Crippen LogP contribution in [0.5, 0.6) is 0 Å². The summed E-state index contributed by atoms with van der Waals surface area (Å²) in [5.41, 5.74) is 0.171. The van der Waals surface area contributed by atoms with E-state index in [0.717, 1.165) is 0 Å². The molecule has 0 saturated carbocycles. The van der Waals surface area contributed by atoms with Gasteiger partial charge in [-0.2, -0.15) is 0 Å². The Kier molecular flexibility index (Phi) is 2.45. The summed E-state index contributed by atoms with van der Waals surface area (Å²) in [6.45, 7) is 6.45. The minimum Gasteiger partial charge on any atom is -0.243 e. The third kappa shape index (κ3) is 3.33. The first-order valence-corrected chi connectivity index (χ1v) is 4.60. The average molecular weight is 168 g/mol. The zero-order chi connectivity index (χ0) is 8.32. The maximum absolute atomic E-state index is 3.31. The van der Waals surface area contributed by atoms with Crippen LogP contribution in [0.1, 0.15) is 25.6 Å². The van der Waals surface area contributed by atoms with Gasteiger partial charge in [-0.25, -0.2) is 4.99 Å². The van der Waals surface area contributed by atoms with Crippen LogP contribution in [0.15, 0.2) is 17.5 Å². The topological polar surface area (TPSA) is 14.0 Å². The van der Waals surface area contributed by atoms with E-state index in [-0.39, 0.29) is 5.54 Å². The third-order valence-electron chi connectivity index (χ3n) is 1.19. The van der Waals surface area contributed by atoms with E-state index in [1.54, 1.807) is 11.3 Å². The molecule has 1 aromatic heterocycles. The second kappa shape index (κ2) is 3.18. The Morgan fingerprint density at radius 2 is 2.18 bits per heavy atom. The van der Waals surface area contributed by atoms with Crippen molar-refractivity contribution in [1.29, 1.82) is 0 Å². The van der Waals surface area contributed by atoms with Gasteiger partial charge in [-0.15, -0.1) is 11.3 Å². The maximum Gasteiger partial charge on any atom is 0.179 e. The molecule has 1 nitrogen and oxygen atoms in total. The molecule has 1 rings (SSSR count). The highest BCUT2D eigenvalue weighted by Gasteiger charge is 2.11. The highest BCUT2D eigenvalue weighted by molar-refractivity contribution is 7.11. The number of hydrogen-bond donors (Lipinski definition) is 1. The summed E-state index contributed by atoms with van der Waals surface area (Å²) in [5.74, 6) is 0. The lowest BCUT2D eigenvalue weighted by molar-refractivity contribution is -0.533. The summed E-state index contributed by atoms with van der Waals surface area (Å²) in [6, 6.07) is 4.16. The summed E-state index contributed by atoms with van der Waals surface area (Å²) in [5, 5.41) is 2.08. The van der Waals surface area contributed by atoms with Crippen molar-refractivity contribution < 1.29 is 4.99 Å². The Morgan fingerprint density at radius 1 is 1.45 bits per heavy atom. The molecule has 1 heterocycles. The fourth-order valence-electron chi connectivity index (χ4n) is 0.661. The molecule has 0 unspecified atom stereocenters. The van der Waals surface area contributed by atoms with Crippen molar-refractivity contribution in [3.05, 3.63) is 22.4 Å². The van der Waals surface area contributed by atoms with Crippen LogP contribution in [0, 0.1) is 0 Å². The van der Waals surface area contributed by atoms with Gasteiger partial charge in [0.25, 0.3) is 0 Å². The number of nitrogens with one attached hydrogen (secondary N) is 1. The standard InChI is InChI=1S/C9H13NS/c1-9(2,3)10-7-8-5-4-6-11-8/h4-7H,1-3H3/p+1. The molecular formula is C9H14NS+. The Morgan fingerprint density at radius 3 is 2.64 bits per heavy atom. The second-order valence-corrected chi connectivity index (χ2v) is 4.53. The van der Waals surface area contributed by atoms with Crippen LogP contribution in [0.3, 0.4) is 0 Å². The van der Waals surface area contributed by atoms with Crippen molar-refractivity contribution >= 4 is 17.6 Å². The molecule has 0 saturated heterocycles. The zero-order valence-electron chi connectivity index (χ0n) is 7.22. The van der Waals surface area contributed by atoms with Gasteiger partial charge < -0.3 is 0 Å². The first kappa shape index (κ1) is 8.47. The molecule has 0 amide bonds. The maximum atomic E-state index is 3.31. The fraction of sp³-hybridized carbons (Fsp3) is 0.444. The molecule has 2 heteroatoms. The molecule has 0 spiro atoms. The van der Waals surface area contributed by atoms with Crippen LogP contribution in [0.4, 0.5) is 0 Å². The Balaban J connectivity index is 2.63. The summed E-state index contributed by atoms with van der Waals surface area (Å²) >= 11 is 1.75. The lowest BCUT2D eigenvalue weighted by atomic mass is 10.1. The molecule has 0 aliphatic heterocycles. The lowest BCUT2D eigenvalue weighted by Crippen LogP contribution is -2.81. The quantitative estimate of drug-likeness (QED) is 0.602. The minimum atomic E-state index is 0.171. The molecular weight excluding hydrogens is 154 g/mol. The number of thiophene rings is 1. The molecule has 0 aliphatic rings. The Hall–Kier alpha value is -0.630. The van der Waals surface area contributed by atoms with Crippen LogP contribution >= 0.6 is 11.3 Å². The Bertz CT molecular complexity index is 229. The first-order chi connectivity index (χ1) is 5.08. The van der Waals surface area contributed by atoms with Crippen molar-refractivity contribution in [1.82, 2.24) is 0 Å². The predicted octanol–water partition coefficient (Wildman–Crippen LogP) is 1.05. The van der Waals surface area contributed by atoms with Gasteiger partial charge in [-0.3, -0.25) is 0 Å². The number of rotatable bonds is 1. The highest BCUT2D eigenvalue weighted by atomic mass is 32.1. The van der Waals surface area contributed by atoms with E-state index in [9.17, 15) is 0 Å². The van der Waals surface area contributed by atoms with Crippen LogP contribution in [0.25, 0.3) is 0 Å². The van der Waals surface area contributed by atoms with Crippen molar-refractivity contribution in [3.8, 4) is 0 Å². The monoisotopic (exact) mass is 168 g/mol. The highest BCUT2D eigenvalue weighted by Crippen LogP contribution is 2.02. The van der Waals surface area contributed by atoms with Crippen molar-refractivity contribution in [2.45, 2.75) is 26.3 Å². The van der Waals surface area contributed by atoms with Crippen LogP contribution < -0.4 is 4.99 Å². The second-order valence-electron chi connectivity index (χ2n) is 3.55. The Labute approximate surface area is 71.8 Å². The predicted molar refractivity (Wildman–Crippen MR) is 50.2 cm³/mol. The van der Waals surface area contributed by atoms with Crippen LogP contribution in [-0.2, 0) is 0 Å². The molecule has 1 N–H and O–H groups in total.